The van der Waals surface area contributed by atoms with Crippen LogP contribution in [0.2, 0.25) is 0 Å². The van der Waals surface area contributed by atoms with Crippen molar-refractivity contribution in [2.24, 2.45) is 11.8 Å². The monoisotopic (exact) mass is 127 g/mol. The molecule has 50 valence electrons. The quantitative estimate of drug-likeness (QED) is 0.546. The molecule has 0 aromatic rings. The van der Waals surface area contributed by atoms with E-state index >= 15 is 0 Å². The molecular weight excluding hydrogens is 118 g/mol. The Morgan fingerprint density at radius 1 is 1.67 bits per heavy atom. The van der Waals surface area contributed by atoms with E-state index in [1.165, 1.54) is 6.42 Å². The van der Waals surface area contributed by atoms with E-state index in [9.17, 15) is 4.79 Å². The van der Waals surface area contributed by atoms with Crippen molar-refractivity contribution < 1.29 is 9.90 Å². The van der Waals surface area contributed by atoms with Crippen molar-refractivity contribution in [1.82, 2.24) is 5.32 Å². The lowest BCUT2D eigenvalue weighted by Crippen LogP contribution is -2.28. The summed E-state index contributed by atoms with van der Waals surface area (Å²) in [4.78, 5) is 9.99. The summed E-state index contributed by atoms with van der Waals surface area (Å²) in [6.45, 7) is 0.137. The second-order valence-electron chi connectivity index (χ2n) is 2.86. The molecule has 0 aromatic heterocycles. The number of hydrogen-bond acceptors (Lipinski definition) is 2. The minimum atomic E-state index is -0.749. The average Bonchev–Trinajstić information content (AvgIpc) is 2.46. The standard InChI is InChI=1S/C6H9NO2/c8-5(9)2-7-6-3-1-4(3)6/h3-4,6-7H,1-2H2,(H,8,9). The Balaban J connectivity index is 1.63. The molecule has 3 nitrogen and oxygen atoms in total. The molecule has 9 heavy (non-hydrogen) atoms. The fourth-order valence-corrected chi connectivity index (χ4v) is 1.29. The van der Waals surface area contributed by atoms with Gasteiger partial charge in [0.25, 0.3) is 0 Å². The molecule has 0 aliphatic heterocycles. The molecule has 2 N–H and O–H groups in total. The van der Waals surface area contributed by atoms with Gasteiger partial charge in [-0.2, -0.15) is 0 Å². The Morgan fingerprint density at radius 3 is 2.67 bits per heavy atom. The zero-order valence-corrected chi connectivity index (χ0v) is 5.00. The summed E-state index contributed by atoms with van der Waals surface area (Å²) in [5.41, 5.74) is 0. The molecule has 0 heterocycles. The van der Waals surface area contributed by atoms with Crippen LogP contribution in [0.5, 0.6) is 0 Å². The molecule has 2 saturated carbocycles. The van der Waals surface area contributed by atoms with Crippen molar-refractivity contribution in [2.45, 2.75) is 12.5 Å². The van der Waals surface area contributed by atoms with Crippen molar-refractivity contribution >= 4 is 5.97 Å². The Labute approximate surface area is 53.1 Å². The fourth-order valence-electron chi connectivity index (χ4n) is 1.29. The van der Waals surface area contributed by atoms with Crippen LogP contribution in [0.25, 0.3) is 0 Å². The number of carbonyl (C=O) groups is 1. The molecule has 0 aromatic carbocycles. The van der Waals surface area contributed by atoms with E-state index in [1.54, 1.807) is 0 Å². The Kier molecular flexibility index (Phi) is 0.858. The second kappa shape index (κ2) is 1.48. The van der Waals surface area contributed by atoms with Gasteiger partial charge in [-0.15, -0.1) is 0 Å². The second-order valence-corrected chi connectivity index (χ2v) is 2.86. The van der Waals surface area contributed by atoms with Crippen LogP contribution in [0, 0.1) is 11.8 Å². The first kappa shape index (κ1) is 5.23. The van der Waals surface area contributed by atoms with E-state index in [1.807, 2.05) is 0 Å². The van der Waals surface area contributed by atoms with Crippen LogP contribution in [0.15, 0.2) is 0 Å². The maximum atomic E-state index is 9.99. The summed E-state index contributed by atoms with van der Waals surface area (Å²) in [7, 11) is 0. The molecular formula is C6H9NO2. The SMILES string of the molecule is O=C(O)CNC1C2CC21. The number of rotatable bonds is 3. The van der Waals surface area contributed by atoms with Crippen molar-refractivity contribution in [3.8, 4) is 0 Å². The van der Waals surface area contributed by atoms with Gasteiger partial charge in [0.2, 0.25) is 0 Å². The van der Waals surface area contributed by atoms with Gasteiger partial charge in [-0.3, -0.25) is 4.79 Å². The summed E-state index contributed by atoms with van der Waals surface area (Å²) in [5, 5.41) is 11.2. The van der Waals surface area contributed by atoms with E-state index < -0.39 is 5.97 Å². The van der Waals surface area contributed by atoms with Crippen LogP contribution in [0.4, 0.5) is 0 Å². The molecule has 0 spiro atoms. The molecule has 2 aliphatic rings. The molecule has 2 fully saturated rings. The highest BCUT2D eigenvalue weighted by molar-refractivity contribution is 5.69. The lowest BCUT2D eigenvalue weighted by Gasteiger charge is -2.01. The molecule has 2 unspecified atom stereocenters. The fraction of sp³-hybridized carbons (Fsp3) is 0.833. The predicted octanol–water partition coefficient (Wildman–Crippen LogP) is -0.321. The summed E-state index contributed by atoms with van der Waals surface area (Å²) < 4.78 is 0. The zero-order chi connectivity index (χ0) is 6.43. The highest BCUT2D eigenvalue weighted by Crippen LogP contribution is 2.62. The van der Waals surface area contributed by atoms with Gasteiger partial charge in [0.05, 0.1) is 6.54 Å². The largest absolute Gasteiger partial charge is 0.480 e. The number of fused-ring (bicyclic) bond motifs is 1. The van der Waals surface area contributed by atoms with E-state index in [0.717, 1.165) is 11.8 Å². The van der Waals surface area contributed by atoms with E-state index in [2.05, 4.69) is 5.32 Å². The third-order valence-electron chi connectivity index (χ3n) is 2.16. The molecule has 0 amide bonds. The van der Waals surface area contributed by atoms with Crippen LogP contribution >= 0.6 is 0 Å². The van der Waals surface area contributed by atoms with Crippen LogP contribution in [0.1, 0.15) is 6.42 Å². The maximum absolute atomic E-state index is 9.99. The van der Waals surface area contributed by atoms with Gasteiger partial charge in [-0.1, -0.05) is 0 Å². The number of nitrogens with one attached hydrogen (secondary N) is 1. The molecule has 0 radical (unpaired) electrons. The summed E-state index contributed by atoms with van der Waals surface area (Å²) in [6, 6.07) is 0.570. The van der Waals surface area contributed by atoms with Crippen molar-refractivity contribution in [3.05, 3.63) is 0 Å². The van der Waals surface area contributed by atoms with Gasteiger partial charge in [0.15, 0.2) is 0 Å². The van der Waals surface area contributed by atoms with Gasteiger partial charge >= 0.3 is 5.97 Å². The number of carboxylic acids is 1. The van der Waals surface area contributed by atoms with Crippen LogP contribution in [0.3, 0.4) is 0 Å². The van der Waals surface area contributed by atoms with E-state index in [4.69, 9.17) is 5.11 Å². The summed E-state index contributed by atoms with van der Waals surface area (Å²) >= 11 is 0. The van der Waals surface area contributed by atoms with Crippen LogP contribution in [-0.2, 0) is 4.79 Å². The highest BCUT2D eigenvalue weighted by Gasteiger charge is 2.63. The van der Waals surface area contributed by atoms with Gasteiger partial charge in [-0.25, -0.2) is 0 Å². The molecule has 2 rings (SSSR count). The predicted molar refractivity (Wildman–Crippen MR) is 31.0 cm³/mol. The first-order valence-electron chi connectivity index (χ1n) is 3.24. The van der Waals surface area contributed by atoms with E-state index in [0.29, 0.717) is 6.04 Å². The number of carboxylic acid groups (broad SMARTS) is 1. The smallest absolute Gasteiger partial charge is 0.317 e. The van der Waals surface area contributed by atoms with Gasteiger partial charge in [0.1, 0.15) is 0 Å². The zero-order valence-electron chi connectivity index (χ0n) is 5.00. The third-order valence-corrected chi connectivity index (χ3v) is 2.16. The topological polar surface area (TPSA) is 49.3 Å². The van der Waals surface area contributed by atoms with Crippen molar-refractivity contribution in [3.63, 3.8) is 0 Å². The molecule has 0 bridgehead atoms. The van der Waals surface area contributed by atoms with Crippen molar-refractivity contribution in [2.75, 3.05) is 6.54 Å². The van der Waals surface area contributed by atoms with E-state index in [-0.39, 0.29) is 6.54 Å². The highest BCUT2D eigenvalue weighted by atomic mass is 16.4. The third kappa shape index (κ3) is 0.812. The molecule has 2 aliphatic carbocycles. The van der Waals surface area contributed by atoms with Crippen molar-refractivity contribution in [1.29, 1.82) is 0 Å². The maximum Gasteiger partial charge on any atom is 0.317 e. The van der Waals surface area contributed by atoms with Gasteiger partial charge < -0.3 is 10.4 Å². The minimum Gasteiger partial charge on any atom is -0.480 e. The lowest BCUT2D eigenvalue weighted by atomic mass is 10.3. The van der Waals surface area contributed by atoms with Crippen LogP contribution < -0.4 is 5.32 Å². The first-order valence-corrected chi connectivity index (χ1v) is 3.24. The van der Waals surface area contributed by atoms with Gasteiger partial charge in [0, 0.05) is 6.04 Å². The Bertz CT molecular complexity index is 149. The lowest BCUT2D eigenvalue weighted by molar-refractivity contribution is -0.136. The minimum absolute atomic E-state index is 0.137. The first-order chi connectivity index (χ1) is 4.29. The van der Waals surface area contributed by atoms with Crippen LogP contribution in [-0.4, -0.2) is 23.7 Å². The summed E-state index contributed by atoms with van der Waals surface area (Å²) in [6.07, 6.45) is 1.33. The molecule has 0 saturated heterocycles. The number of aliphatic carboxylic acids is 1. The molecule has 2 atom stereocenters. The normalized spacial score (nSPS) is 43.8. The Morgan fingerprint density at radius 2 is 2.33 bits per heavy atom. The molecule has 3 heteroatoms. The average molecular weight is 127 g/mol. The Hall–Kier alpha value is -0.570. The number of hydrogen-bond donors (Lipinski definition) is 2. The summed E-state index contributed by atoms with van der Waals surface area (Å²) in [5.74, 6) is 0.954. The van der Waals surface area contributed by atoms with Gasteiger partial charge in [-0.05, 0) is 18.3 Å².